The minimum atomic E-state index is -0.771. The number of halogens is 1. The summed E-state index contributed by atoms with van der Waals surface area (Å²) in [4.78, 5) is 14.5. The molecule has 0 radical (unpaired) electrons. The summed E-state index contributed by atoms with van der Waals surface area (Å²) in [7, 11) is 3.38. The van der Waals surface area contributed by atoms with E-state index in [0.29, 0.717) is 18.7 Å². The zero-order chi connectivity index (χ0) is 12.0. The zero-order valence-corrected chi connectivity index (χ0v) is 10.7. The Morgan fingerprint density at radius 2 is 2.29 bits per heavy atom. The summed E-state index contributed by atoms with van der Waals surface area (Å²) in [6.07, 6.45) is 3.19. The molecule has 0 aliphatic rings. The standard InChI is InChI=1S/C11H16N2O3.ClH/c1-12-9-6-10(16-2)13-7-8(9)4-3-5-11(14)15;/h6-7H,3-5H2,1-2H3,(H,12,13)(H,14,15);1H. The van der Waals surface area contributed by atoms with Gasteiger partial charge < -0.3 is 15.2 Å². The van der Waals surface area contributed by atoms with E-state index in [1.54, 1.807) is 19.4 Å². The van der Waals surface area contributed by atoms with E-state index >= 15 is 0 Å². The van der Waals surface area contributed by atoms with Crippen LogP contribution < -0.4 is 10.1 Å². The molecule has 0 atom stereocenters. The molecule has 0 aliphatic carbocycles. The van der Waals surface area contributed by atoms with Gasteiger partial charge in [0.1, 0.15) is 0 Å². The van der Waals surface area contributed by atoms with E-state index in [9.17, 15) is 4.79 Å². The van der Waals surface area contributed by atoms with E-state index < -0.39 is 5.97 Å². The van der Waals surface area contributed by atoms with Gasteiger partial charge in [0.05, 0.1) is 7.11 Å². The van der Waals surface area contributed by atoms with E-state index in [1.165, 1.54) is 0 Å². The van der Waals surface area contributed by atoms with Gasteiger partial charge in [-0.15, -0.1) is 12.4 Å². The summed E-state index contributed by atoms with van der Waals surface area (Å²) in [5.41, 5.74) is 1.93. The molecule has 1 aromatic rings. The summed E-state index contributed by atoms with van der Waals surface area (Å²) in [6.45, 7) is 0. The molecule has 2 N–H and O–H groups in total. The molecule has 17 heavy (non-hydrogen) atoms. The van der Waals surface area contributed by atoms with Crippen LogP contribution in [0.25, 0.3) is 0 Å². The fraction of sp³-hybridized carbons (Fsp3) is 0.455. The van der Waals surface area contributed by atoms with Crippen LogP contribution in [0.4, 0.5) is 5.69 Å². The maximum absolute atomic E-state index is 10.4. The number of aliphatic carboxylic acids is 1. The minimum Gasteiger partial charge on any atom is -0.481 e. The van der Waals surface area contributed by atoms with Gasteiger partial charge in [0.25, 0.3) is 0 Å². The molecule has 96 valence electrons. The van der Waals surface area contributed by atoms with Crippen molar-refractivity contribution >= 4 is 24.1 Å². The third-order valence-corrected chi connectivity index (χ3v) is 2.28. The normalized spacial score (nSPS) is 9.29. The smallest absolute Gasteiger partial charge is 0.303 e. The first-order chi connectivity index (χ1) is 7.67. The molecule has 0 saturated heterocycles. The third-order valence-electron chi connectivity index (χ3n) is 2.28. The second-order valence-electron chi connectivity index (χ2n) is 3.38. The quantitative estimate of drug-likeness (QED) is 0.818. The Balaban J connectivity index is 0.00000256. The Bertz CT molecular complexity index is 372. The molecule has 0 saturated carbocycles. The van der Waals surface area contributed by atoms with E-state index in [-0.39, 0.29) is 18.8 Å². The van der Waals surface area contributed by atoms with Gasteiger partial charge in [0.15, 0.2) is 0 Å². The lowest BCUT2D eigenvalue weighted by atomic mass is 10.1. The van der Waals surface area contributed by atoms with E-state index in [2.05, 4.69) is 10.3 Å². The van der Waals surface area contributed by atoms with Crippen molar-refractivity contribution in [3.63, 3.8) is 0 Å². The van der Waals surface area contributed by atoms with Crippen molar-refractivity contribution in [2.45, 2.75) is 19.3 Å². The number of methoxy groups -OCH3 is 1. The number of nitrogens with zero attached hydrogens (tertiary/aromatic N) is 1. The highest BCUT2D eigenvalue weighted by molar-refractivity contribution is 5.85. The van der Waals surface area contributed by atoms with E-state index in [1.807, 2.05) is 7.05 Å². The summed E-state index contributed by atoms with van der Waals surface area (Å²) in [5.74, 6) is -0.223. The Hall–Kier alpha value is -1.49. The number of carbonyl (C=O) groups is 1. The SMILES string of the molecule is CNc1cc(OC)ncc1CCCC(=O)O.Cl. The molecule has 0 aliphatic heterocycles. The van der Waals surface area contributed by atoms with Crippen LogP contribution in [0.5, 0.6) is 5.88 Å². The van der Waals surface area contributed by atoms with E-state index in [0.717, 1.165) is 11.3 Å². The molecule has 1 rings (SSSR count). The second kappa shape index (κ2) is 7.73. The summed E-state index contributed by atoms with van der Waals surface area (Å²) < 4.78 is 5.01. The van der Waals surface area contributed by atoms with E-state index in [4.69, 9.17) is 9.84 Å². The predicted octanol–water partition coefficient (Wildman–Crippen LogP) is 1.96. The van der Waals surface area contributed by atoms with Crippen LogP contribution in [0.15, 0.2) is 12.3 Å². The fourth-order valence-electron chi connectivity index (χ4n) is 1.44. The number of carboxylic acids is 1. The molecule has 1 heterocycles. The monoisotopic (exact) mass is 260 g/mol. The number of rotatable bonds is 6. The molecule has 6 heteroatoms. The number of anilines is 1. The molecule has 5 nitrogen and oxygen atoms in total. The largest absolute Gasteiger partial charge is 0.481 e. The topological polar surface area (TPSA) is 71.5 Å². The molecule has 0 amide bonds. The van der Waals surface area contributed by atoms with Gasteiger partial charge in [0.2, 0.25) is 5.88 Å². The predicted molar refractivity (Wildman–Crippen MR) is 68.2 cm³/mol. The Morgan fingerprint density at radius 3 is 2.82 bits per heavy atom. The lowest BCUT2D eigenvalue weighted by Crippen LogP contribution is -2.01. The highest BCUT2D eigenvalue weighted by Crippen LogP contribution is 2.20. The summed E-state index contributed by atoms with van der Waals surface area (Å²) in [6, 6.07) is 1.80. The summed E-state index contributed by atoms with van der Waals surface area (Å²) in [5, 5.41) is 11.6. The first kappa shape index (κ1) is 15.5. The molecule has 0 aromatic carbocycles. The third kappa shape index (κ3) is 4.91. The van der Waals surface area contributed by atoms with Crippen LogP contribution in [0.2, 0.25) is 0 Å². The van der Waals surface area contributed by atoms with Crippen LogP contribution >= 0.6 is 12.4 Å². The van der Waals surface area contributed by atoms with Crippen LogP contribution in [-0.2, 0) is 11.2 Å². The Labute approximate surface area is 107 Å². The van der Waals surface area contributed by atoms with Crippen LogP contribution in [-0.4, -0.2) is 30.2 Å². The molecule has 0 fully saturated rings. The number of hydrogen-bond donors (Lipinski definition) is 2. The average molecular weight is 261 g/mol. The molecule has 0 unspecified atom stereocenters. The lowest BCUT2D eigenvalue weighted by Gasteiger charge is -2.09. The van der Waals surface area contributed by atoms with Gasteiger partial charge in [-0.2, -0.15) is 0 Å². The second-order valence-corrected chi connectivity index (χ2v) is 3.38. The molecule has 1 aromatic heterocycles. The number of pyridine rings is 1. The van der Waals surface area contributed by atoms with Crippen molar-refractivity contribution in [1.29, 1.82) is 0 Å². The minimum absolute atomic E-state index is 0. The van der Waals surface area contributed by atoms with Crippen molar-refractivity contribution in [3.8, 4) is 5.88 Å². The Kier molecular flexibility index (Phi) is 7.05. The maximum atomic E-state index is 10.4. The molecular formula is C11H17ClN2O3. The van der Waals surface area contributed by atoms with Gasteiger partial charge in [-0.3, -0.25) is 4.79 Å². The number of carboxylic acid groups (broad SMARTS) is 1. The highest BCUT2D eigenvalue weighted by atomic mass is 35.5. The average Bonchev–Trinajstić information content (AvgIpc) is 2.29. The molecule has 0 bridgehead atoms. The first-order valence-electron chi connectivity index (χ1n) is 5.10. The van der Waals surface area contributed by atoms with Crippen molar-refractivity contribution in [2.75, 3.05) is 19.5 Å². The van der Waals surface area contributed by atoms with Crippen molar-refractivity contribution in [1.82, 2.24) is 4.98 Å². The number of aromatic nitrogens is 1. The lowest BCUT2D eigenvalue weighted by molar-refractivity contribution is -0.137. The fourth-order valence-corrected chi connectivity index (χ4v) is 1.44. The summed E-state index contributed by atoms with van der Waals surface area (Å²) >= 11 is 0. The first-order valence-corrected chi connectivity index (χ1v) is 5.10. The van der Waals surface area contributed by atoms with Crippen molar-refractivity contribution in [2.24, 2.45) is 0 Å². The van der Waals surface area contributed by atoms with Gasteiger partial charge in [-0.1, -0.05) is 0 Å². The van der Waals surface area contributed by atoms with Crippen molar-refractivity contribution in [3.05, 3.63) is 17.8 Å². The Morgan fingerprint density at radius 1 is 1.59 bits per heavy atom. The number of ether oxygens (including phenoxy) is 1. The van der Waals surface area contributed by atoms with Gasteiger partial charge in [-0.25, -0.2) is 4.98 Å². The van der Waals surface area contributed by atoms with Gasteiger partial charge >= 0.3 is 5.97 Å². The highest BCUT2D eigenvalue weighted by Gasteiger charge is 2.05. The molecule has 0 spiro atoms. The number of aryl methyl sites for hydroxylation is 1. The van der Waals surface area contributed by atoms with Crippen LogP contribution in [0.1, 0.15) is 18.4 Å². The van der Waals surface area contributed by atoms with Crippen molar-refractivity contribution < 1.29 is 14.6 Å². The maximum Gasteiger partial charge on any atom is 0.303 e. The van der Waals surface area contributed by atoms with Gasteiger partial charge in [0, 0.05) is 31.4 Å². The van der Waals surface area contributed by atoms with Gasteiger partial charge in [-0.05, 0) is 18.4 Å². The number of nitrogens with one attached hydrogen (secondary N) is 1. The van der Waals surface area contributed by atoms with Crippen LogP contribution in [0.3, 0.4) is 0 Å². The number of hydrogen-bond acceptors (Lipinski definition) is 4. The molecular weight excluding hydrogens is 244 g/mol. The zero-order valence-electron chi connectivity index (χ0n) is 9.90. The van der Waals surface area contributed by atoms with Crippen LogP contribution in [0, 0.1) is 0 Å².